The molecule has 2 aliphatic rings. The molecule has 1 N–H and O–H groups in total. The Labute approximate surface area is 121 Å². The zero-order valence-corrected chi connectivity index (χ0v) is 12.6. The Morgan fingerprint density at radius 1 is 1.25 bits per heavy atom. The molecule has 0 saturated carbocycles. The quantitative estimate of drug-likeness (QED) is 0.907. The number of likely N-dealkylation sites (tertiary alicyclic amines) is 1. The topological polar surface area (TPSA) is 44.3 Å². The molecular formula is C15H25N5. The smallest absolute Gasteiger partial charge is 0.134 e. The van der Waals surface area contributed by atoms with Crippen LogP contribution in [0.2, 0.25) is 0 Å². The fourth-order valence-corrected chi connectivity index (χ4v) is 3.29. The predicted molar refractivity (Wildman–Crippen MR) is 82.4 cm³/mol. The highest BCUT2D eigenvalue weighted by atomic mass is 15.3. The van der Waals surface area contributed by atoms with Crippen LogP contribution in [0.1, 0.15) is 32.0 Å². The van der Waals surface area contributed by atoms with Crippen molar-refractivity contribution in [2.24, 2.45) is 0 Å². The van der Waals surface area contributed by atoms with Gasteiger partial charge in [0.1, 0.15) is 17.5 Å². The number of aryl methyl sites for hydroxylation is 1. The molecule has 110 valence electrons. The largest absolute Gasteiger partial charge is 0.373 e. The second-order valence-electron chi connectivity index (χ2n) is 5.76. The first-order valence-electron chi connectivity index (χ1n) is 7.85. The predicted octanol–water partition coefficient (Wildman–Crippen LogP) is 1.76. The highest BCUT2D eigenvalue weighted by molar-refractivity contribution is 5.50. The number of aromatic nitrogens is 2. The molecule has 3 heterocycles. The molecule has 0 aromatic carbocycles. The van der Waals surface area contributed by atoms with Gasteiger partial charge in [-0.2, -0.15) is 0 Å². The van der Waals surface area contributed by atoms with Crippen molar-refractivity contribution >= 4 is 11.6 Å². The number of hydrogen-bond donors (Lipinski definition) is 1. The maximum atomic E-state index is 4.70. The van der Waals surface area contributed by atoms with Crippen LogP contribution < -0.4 is 10.2 Å². The standard InChI is InChI=1S/C15H25N5/c1-3-13-17-14(16-2)10-15(18-13)20-9-6-12(11-20)19-7-4-5-8-19/h10,12H,3-9,11H2,1-2H3,(H,16,17,18). The average molecular weight is 275 g/mol. The maximum Gasteiger partial charge on any atom is 0.134 e. The van der Waals surface area contributed by atoms with Crippen LogP contribution in [0.4, 0.5) is 11.6 Å². The van der Waals surface area contributed by atoms with Gasteiger partial charge < -0.3 is 10.2 Å². The van der Waals surface area contributed by atoms with Crippen molar-refractivity contribution in [3.05, 3.63) is 11.9 Å². The maximum absolute atomic E-state index is 4.70. The minimum Gasteiger partial charge on any atom is -0.373 e. The second kappa shape index (κ2) is 5.95. The normalized spacial score (nSPS) is 23.5. The van der Waals surface area contributed by atoms with Gasteiger partial charge in [-0.05, 0) is 32.4 Å². The van der Waals surface area contributed by atoms with E-state index in [0.717, 1.165) is 43.0 Å². The summed E-state index contributed by atoms with van der Waals surface area (Å²) in [7, 11) is 1.92. The van der Waals surface area contributed by atoms with Crippen molar-refractivity contribution in [1.82, 2.24) is 14.9 Å². The van der Waals surface area contributed by atoms with Crippen molar-refractivity contribution < 1.29 is 0 Å². The first kappa shape index (κ1) is 13.6. The van der Waals surface area contributed by atoms with E-state index in [0.29, 0.717) is 0 Å². The number of nitrogens with zero attached hydrogens (tertiary/aromatic N) is 4. The third kappa shape index (κ3) is 2.73. The molecule has 1 atom stereocenters. The van der Waals surface area contributed by atoms with Crippen LogP contribution in [0.5, 0.6) is 0 Å². The molecule has 3 rings (SSSR count). The molecule has 1 aromatic rings. The van der Waals surface area contributed by atoms with Crippen LogP contribution in [0, 0.1) is 0 Å². The fourth-order valence-electron chi connectivity index (χ4n) is 3.29. The average Bonchev–Trinajstić information content (AvgIpc) is 3.17. The van der Waals surface area contributed by atoms with Crippen LogP contribution in [0.15, 0.2) is 6.07 Å². The van der Waals surface area contributed by atoms with E-state index in [1.165, 1.54) is 32.4 Å². The lowest BCUT2D eigenvalue weighted by Gasteiger charge is -2.24. The number of nitrogens with one attached hydrogen (secondary N) is 1. The molecule has 0 spiro atoms. The first-order chi connectivity index (χ1) is 9.80. The van der Waals surface area contributed by atoms with E-state index in [-0.39, 0.29) is 0 Å². The summed E-state index contributed by atoms with van der Waals surface area (Å²) in [4.78, 5) is 14.3. The van der Waals surface area contributed by atoms with E-state index < -0.39 is 0 Å². The van der Waals surface area contributed by atoms with Gasteiger partial charge in [0.15, 0.2) is 0 Å². The summed E-state index contributed by atoms with van der Waals surface area (Å²) in [6.07, 6.45) is 4.88. The van der Waals surface area contributed by atoms with E-state index in [4.69, 9.17) is 4.98 Å². The molecule has 2 saturated heterocycles. The summed E-state index contributed by atoms with van der Waals surface area (Å²) < 4.78 is 0. The fraction of sp³-hybridized carbons (Fsp3) is 0.733. The van der Waals surface area contributed by atoms with Gasteiger partial charge in [0.05, 0.1) is 0 Å². The van der Waals surface area contributed by atoms with E-state index >= 15 is 0 Å². The van der Waals surface area contributed by atoms with Crippen molar-refractivity contribution in [1.29, 1.82) is 0 Å². The Morgan fingerprint density at radius 3 is 2.75 bits per heavy atom. The lowest BCUT2D eigenvalue weighted by Crippen LogP contribution is -2.35. The molecule has 2 fully saturated rings. The van der Waals surface area contributed by atoms with Gasteiger partial charge in [0.2, 0.25) is 0 Å². The Bertz CT molecular complexity index is 433. The Kier molecular flexibility index (Phi) is 4.05. The van der Waals surface area contributed by atoms with Crippen molar-refractivity contribution in [3.8, 4) is 0 Å². The third-order valence-electron chi connectivity index (χ3n) is 4.48. The molecule has 1 aromatic heterocycles. The summed E-state index contributed by atoms with van der Waals surface area (Å²) in [5.74, 6) is 2.94. The van der Waals surface area contributed by atoms with Crippen LogP contribution in [-0.2, 0) is 6.42 Å². The third-order valence-corrected chi connectivity index (χ3v) is 4.48. The molecule has 0 bridgehead atoms. The molecule has 0 aliphatic carbocycles. The number of anilines is 2. The molecule has 1 unspecified atom stereocenters. The van der Waals surface area contributed by atoms with Crippen LogP contribution in [0.25, 0.3) is 0 Å². The van der Waals surface area contributed by atoms with Gasteiger partial charge >= 0.3 is 0 Å². The lowest BCUT2D eigenvalue weighted by molar-refractivity contribution is 0.260. The molecule has 5 nitrogen and oxygen atoms in total. The summed E-state index contributed by atoms with van der Waals surface area (Å²) in [6, 6.07) is 2.79. The Hall–Kier alpha value is -1.36. The summed E-state index contributed by atoms with van der Waals surface area (Å²) >= 11 is 0. The molecule has 2 aliphatic heterocycles. The second-order valence-corrected chi connectivity index (χ2v) is 5.76. The van der Waals surface area contributed by atoms with Gasteiger partial charge in [-0.25, -0.2) is 9.97 Å². The lowest BCUT2D eigenvalue weighted by atomic mass is 10.2. The van der Waals surface area contributed by atoms with E-state index in [9.17, 15) is 0 Å². The van der Waals surface area contributed by atoms with Gasteiger partial charge in [-0.1, -0.05) is 6.92 Å². The van der Waals surface area contributed by atoms with Gasteiger partial charge in [0, 0.05) is 38.7 Å². The van der Waals surface area contributed by atoms with Gasteiger partial charge in [-0.3, -0.25) is 4.90 Å². The number of rotatable bonds is 4. The zero-order chi connectivity index (χ0) is 13.9. The number of hydrogen-bond acceptors (Lipinski definition) is 5. The highest BCUT2D eigenvalue weighted by Crippen LogP contribution is 2.25. The van der Waals surface area contributed by atoms with Crippen molar-refractivity contribution in [2.45, 2.75) is 38.6 Å². The van der Waals surface area contributed by atoms with Crippen LogP contribution in [0.3, 0.4) is 0 Å². The monoisotopic (exact) mass is 275 g/mol. The van der Waals surface area contributed by atoms with E-state index in [2.05, 4.69) is 33.1 Å². The van der Waals surface area contributed by atoms with E-state index in [1.54, 1.807) is 0 Å². The Morgan fingerprint density at radius 2 is 2.05 bits per heavy atom. The summed E-state index contributed by atoms with van der Waals surface area (Å²) in [5, 5.41) is 3.14. The molecule has 5 heteroatoms. The zero-order valence-electron chi connectivity index (χ0n) is 12.6. The minimum atomic E-state index is 0.718. The van der Waals surface area contributed by atoms with E-state index in [1.807, 2.05) is 7.05 Å². The molecular weight excluding hydrogens is 250 g/mol. The minimum absolute atomic E-state index is 0.718. The van der Waals surface area contributed by atoms with Crippen molar-refractivity contribution in [3.63, 3.8) is 0 Å². The first-order valence-corrected chi connectivity index (χ1v) is 7.85. The molecule has 20 heavy (non-hydrogen) atoms. The van der Waals surface area contributed by atoms with Gasteiger partial charge in [0.25, 0.3) is 0 Å². The SMILES string of the molecule is CCc1nc(NC)cc(N2CCC(N3CCCC3)C2)n1. The van der Waals surface area contributed by atoms with Gasteiger partial charge in [-0.15, -0.1) is 0 Å². The summed E-state index contributed by atoms with van der Waals surface area (Å²) in [6.45, 7) is 6.90. The Balaban J connectivity index is 1.73. The summed E-state index contributed by atoms with van der Waals surface area (Å²) in [5.41, 5.74) is 0. The van der Waals surface area contributed by atoms with Crippen molar-refractivity contribution in [2.75, 3.05) is 43.4 Å². The van der Waals surface area contributed by atoms with Crippen LogP contribution in [-0.4, -0.2) is 54.1 Å². The highest BCUT2D eigenvalue weighted by Gasteiger charge is 2.30. The molecule has 0 amide bonds. The van der Waals surface area contributed by atoms with Crippen LogP contribution >= 0.6 is 0 Å². The molecule has 0 radical (unpaired) electrons.